The minimum Gasteiger partial charge on any atom is -0.377 e. The van der Waals surface area contributed by atoms with E-state index in [4.69, 9.17) is 16.3 Å². The molecule has 1 fully saturated rings. The van der Waals surface area contributed by atoms with Gasteiger partial charge in [0.25, 0.3) is 5.91 Å². The summed E-state index contributed by atoms with van der Waals surface area (Å²) in [5, 5.41) is 1.19. The number of hydrogen-bond acceptors (Lipinski definition) is 3. The first-order valence-electron chi connectivity index (χ1n) is 7.45. The highest BCUT2D eigenvalue weighted by atomic mass is 35.5. The maximum atomic E-state index is 12.9. The molecule has 0 radical (unpaired) electrons. The molecule has 0 N–H and O–H groups in total. The average Bonchev–Trinajstić information content (AvgIpc) is 2.47. The number of fused-ring (bicyclic) bond motifs is 1. The predicted molar refractivity (Wildman–Crippen MR) is 87.4 cm³/mol. The fraction of sp³-hybridized carbons (Fsp3) is 0.412. The number of carbonyl (C=O) groups is 1. The maximum absolute atomic E-state index is 12.9. The first-order valence-corrected chi connectivity index (χ1v) is 7.83. The molecular weight excluding hydrogens is 300 g/mol. The average molecular weight is 319 g/mol. The summed E-state index contributed by atoms with van der Waals surface area (Å²) in [5.74, 6) is -0.0794. The molecule has 5 heteroatoms. The van der Waals surface area contributed by atoms with Gasteiger partial charge in [-0.15, -0.1) is 0 Å². The molecule has 0 spiro atoms. The number of ether oxygens (including phenoxy) is 1. The summed E-state index contributed by atoms with van der Waals surface area (Å²) in [6.45, 7) is 7.06. The Labute approximate surface area is 135 Å². The van der Waals surface area contributed by atoms with Gasteiger partial charge in [-0.2, -0.15) is 0 Å². The van der Waals surface area contributed by atoms with E-state index in [1.807, 2.05) is 49.9 Å². The van der Waals surface area contributed by atoms with Crippen molar-refractivity contribution in [1.82, 2.24) is 9.88 Å². The second-order valence-corrected chi connectivity index (χ2v) is 6.28. The molecule has 2 aromatic rings. The molecule has 2 heterocycles. The van der Waals surface area contributed by atoms with Gasteiger partial charge in [0.15, 0.2) is 0 Å². The number of para-hydroxylation sites is 1. The van der Waals surface area contributed by atoms with Gasteiger partial charge in [-0.05, 0) is 32.4 Å². The van der Waals surface area contributed by atoms with Gasteiger partial charge in [-0.25, -0.2) is 4.98 Å². The van der Waals surface area contributed by atoms with E-state index in [0.717, 1.165) is 16.5 Å². The van der Waals surface area contributed by atoms with Crippen LogP contribution in [-0.4, -0.2) is 41.1 Å². The molecule has 1 aliphatic rings. The van der Waals surface area contributed by atoms with Crippen molar-refractivity contribution in [3.05, 3.63) is 40.5 Å². The summed E-state index contributed by atoms with van der Waals surface area (Å²) in [6.07, 6.45) is 0. The third-order valence-corrected chi connectivity index (χ3v) is 4.42. The molecule has 2 atom stereocenters. The SMILES string of the molecule is Cc1cccc2cc(C(=O)N3[C@H](C)COC[C@@H]3C)c(Cl)nc12. The van der Waals surface area contributed by atoms with Gasteiger partial charge in [0.05, 0.1) is 36.4 Å². The van der Waals surface area contributed by atoms with Gasteiger partial charge < -0.3 is 9.64 Å². The molecule has 22 heavy (non-hydrogen) atoms. The lowest BCUT2D eigenvalue weighted by Crippen LogP contribution is -2.52. The lowest BCUT2D eigenvalue weighted by molar-refractivity contribution is -0.0249. The Hall–Kier alpha value is -1.65. The van der Waals surface area contributed by atoms with Crippen molar-refractivity contribution in [2.75, 3.05) is 13.2 Å². The van der Waals surface area contributed by atoms with Crippen LogP contribution < -0.4 is 0 Å². The molecule has 0 aliphatic carbocycles. The minimum atomic E-state index is -0.0794. The highest BCUT2D eigenvalue weighted by Gasteiger charge is 2.31. The highest BCUT2D eigenvalue weighted by molar-refractivity contribution is 6.33. The number of aryl methyl sites for hydroxylation is 1. The smallest absolute Gasteiger partial charge is 0.257 e. The lowest BCUT2D eigenvalue weighted by atomic mass is 10.1. The van der Waals surface area contributed by atoms with Crippen molar-refractivity contribution >= 4 is 28.4 Å². The number of morpholine rings is 1. The van der Waals surface area contributed by atoms with E-state index in [2.05, 4.69) is 4.98 Å². The first-order chi connectivity index (χ1) is 10.5. The largest absolute Gasteiger partial charge is 0.377 e. The van der Waals surface area contributed by atoms with Crippen molar-refractivity contribution in [3.63, 3.8) is 0 Å². The molecule has 1 aromatic heterocycles. The summed E-state index contributed by atoms with van der Waals surface area (Å²) in [6, 6.07) is 7.80. The number of amides is 1. The Morgan fingerprint density at radius 2 is 2.00 bits per heavy atom. The van der Waals surface area contributed by atoms with Crippen molar-refractivity contribution in [1.29, 1.82) is 0 Å². The van der Waals surface area contributed by atoms with Crippen LogP contribution in [0, 0.1) is 6.92 Å². The van der Waals surface area contributed by atoms with Crippen LogP contribution in [0.15, 0.2) is 24.3 Å². The van der Waals surface area contributed by atoms with Gasteiger partial charge in [0.1, 0.15) is 5.15 Å². The number of pyridine rings is 1. The van der Waals surface area contributed by atoms with E-state index in [-0.39, 0.29) is 23.1 Å². The van der Waals surface area contributed by atoms with E-state index in [0.29, 0.717) is 18.8 Å². The van der Waals surface area contributed by atoms with E-state index in [1.54, 1.807) is 0 Å². The Kier molecular flexibility index (Phi) is 4.06. The van der Waals surface area contributed by atoms with Crippen LogP contribution >= 0.6 is 11.6 Å². The van der Waals surface area contributed by atoms with Crippen LogP contribution in [0.2, 0.25) is 5.15 Å². The zero-order chi connectivity index (χ0) is 15.9. The quantitative estimate of drug-likeness (QED) is 0.756. The second-order valence-electron chi connectivity index (χ2n) is 5.92. The molecule has 4 nitrogen and oxygen atoms in total. The van der Waals surface area contributed by atoms with E-state index in [9.17, 15) is 4.79 Å². The Morgan fingerprint density at radius 3 is 2.68 bits per heavy atom. The molecule has 1 saturated heterocycles. The molecule has 3 rings (SSSR count). The van der Waals surface area contributed by atoms with Crippen molar-refractivity contribution in [2.45, 2.75) is 32.9 Å². The van der Waals surface area contributed by atoms with E-state index < -0.39 is 0 Å². The third-order valence-electron chi connectivity index (χ3n) is 4.13. The monoisotopic (exact) mass is 318 g/mol. The van der Waals surface area contributed by atoms with Crippen LogP contribution in [-0.2, 0) is 4.74 Å². The number of rotatable bonds is 1. The third kappa shape index (κ3) is 2.57. The molecule has 0 unspecified atom stereocenters. The summed E-state index contributed by atoms with van der Waals surface area (Å²) in [7, 11) is 0. The first kappa shape index (κ1) is 15.3. The second kappa shape index (κ2) is 5.86. The van der Waals surface area contributed by atoms with Crippen LogP contribution in [0.5, 0.6) is 0 Å². The lowest BCUT2D eigenvalue weighted by Gasteiger charge is -2.38. The number of nitrogens with zero attached hydrogens (tertiary/aromatic N) is 2. The Morgan fingerprint density at radius 1 is 1.32 bits per heavy atom. The molecule has 1 aromatic carbocycles. The minimum absolute atomic E-state index is 0.0283. The van der Waals surface area contributed by atoms with E-state index in [1.165, 1.54) is 0 Å². The zero-order valence-corrected chi connectivity index (χ0v) is 13.7. The van der Waals surface area contributed by atoms with Crippen molar-refractivity contribution in [3.8, 4) is 0 Å². The molecule has 1 aliphatic heterocycles. The fourth-order valence-electron chi connectivity index (χ4n) is 3.02. The van der Waals surface area contributed by atoms with Gasteiger partial charge >= 0.3 is 0 Å². The standard InChI is InChI=1S/C17H19ClN2O2/c1-10-5-4-6-13-7-14(16(18)19-15(10)13)17(21)20-11(2)8-22-9-12(20)3/h4-7,11-12H,8-9H2,1-3H3/t11-,12+. The molecule has 116 valence electrons. The van der Waals surface area contributed by atoms with Crippen LogP contribution in [0.4, 0.5) is 0 Å². The van der Waals surface area contributed by atoms with Gasteiger partial charge in [0.2, 0.25) is 0 Å². The Bertz CT molecular complexity index is 722. The topological polar surface area (TPSA) is 42.4 Å². The summed E-state index contributed by atoms with van der Waals surface area (Å²) in [4.78, 5) is 19.2. The van der Waals surface area contributed by atoms with Crippen LogP contribution in [0.1, 0.15) is 29.8 Å². The molecular formula is C17H19ClN2O2. The van der Waals surface area contributed by atoms with Crippen LogP contribution in [0.3, 0.4) is 0 Å². The fourth-order valence-corrected chi connectivity index (χ4v) is 3.24. The highest BCUT2D eigenvalue weighted by Crippen LogP contribution is 2.26. The summed E-state index contributed by atoms with van der Waals surface area (Å²) >= 11 is 6.29. The van der Waals surface area contributed by atoms with Gasteiger partial charge in [0, 0.05) is 5.39 Å². The normalized spacial score (nSPS) is 22.1. The number of halogens is 1. The van der Waals surface area contributed by atoms with Crippen molar-refractivity contribution < 1.29 is 9.53 Å². The molecule has 0 bridgehead atoms. The molecule has 0 saturated carbocycles. The van der Waals surface area contributed by atoms with E-state index >= 15 is 0 Å². The Balaban J connectivity index is 2.05. The predicted octanol–water partition coefficient (Wildman–Crippen LogP) is 3.45. The van der Waals surface area contributed by atoms with Gasteiger partial charge in [-0.3, -0.25) is 4.79 Å². The number of benzene rings is 1. The number of aromatic nitrogens is 1. The summed E-state index contributed by atoms with van der Waals surface area (Å²) in [5.41, 5.74) is 2.35. The molecule has 1 amide bonds. The zero-order valence-electron chi connectivity index (χ0n) is 13.0. The maximum Gasteiger partial charge on any atom is 0.257 e. The number of hydrogen-bond donors (Lipinski definition) is 0. The van der Waals surface area contributed by atoms with Gasteiger partial charge in [-0.1, -0.05) is 29.8 Å². The van der Waals surface area contributed by atoms with Crippen molar-refractivity contribution in [2.24, 2.45) is 0 Å². The number of carbonyl (C=O) groups excluding carboxylic acids is 1. The summed E-state index contributed by atoms with van der Waals surface area (Å²) < 4.78 is 5.48. The van der Waals surface area contributed by atoms with Crippen LogP contribution in [0.25, 0.3) is 10.9 Å².